The van der Waals surface area contributed by atoms with Gasteiger partial charge < -0.3 is 9.88 Å². The van der Waals surface area contributed by atoms with Crippen molar-refractivity contribution in [1.82, 2.24) is 29.5 Å². The third-order valence-corrected chi connectivity index (χ3v) is 8.37. The van der Waals surface area contributed by atoms with Crippen LogP contribution in [0.15, 0.2) is 67.4 Å². The molecule has 1 aliphatic heterocycles. The summed E-state index contributed by atoms with van der Waals surface area (Å²) in [5, 5.41) is 9.12. The van der Waals surface area contributed by atoms with Gasteiger partial charge in [-0.1, -0.05) is 43.2 Å². The lowest BCUT2D eigenvalue weighted by molar-refractivity contribution is -0.135. The van der Waals surface area contributed by atoms with Gasteiger partial charge >= 0.3 is 0 Å². The smallest absolute Gasteiger partial charge is 0.230 e. The van der Waals surface area contributed by atoms with Crippen LogP contribution in [0.4, 0.5) is 0 Å². The predicted octanol–water partition coefficient (Wildman–Crippen LogP) is 4.80. The van der Waals surface area contributed by atoms with Gasteiger partial charge in [0, 0.05) is 49.0 Å². The first-order valence-corrected chi connectivity index (χ1v) is 13.8. The number of fused-ring (bicyclic) bond motifs is 1. The average molecular weight is 497 g/mol. The number of H-pyrrole nitrogens is 1. The molecule has 7 heteroatoms. The number of piperazine rings is 1. The number of aromatic amines is 1. The molecule has 2 aromatic carbocycles. The van der Waals surface area contributed by atoms with Gasteiger partial charge in [-0.25, -0.2) is 0 Å². The summed E-state index contributed by atoms with van der Waals surface area (Å²) in [6, 6.07) is 16.9. The minimum absolute atomic E-state index is 0.0279. The fraction of sp³-hybridized carbons (Fsp3) is 0.433. The topological polar surface area (TPSA) is 70.1 Å². The summed E-state index contributed by atoms with van der Waals surface area (Å²) in [5.41, 5.74) is 4.79. The second-order valence-corrected chi connectivity index (χ2v) is 10.6. The molecule has 2 aromatic heterocycles. The first-order valence-electron chi connectivity index (χ1n) is 13.8. The molecule has 1 saturated carbocycles. The zero-order valence-electron chi connectivity index (χ0n) is 21.4. The van der Waals surface area contributed by atoms with E-state index in [9.17, 15) is 4.79 Å². The van der Waals surface area contributed by atoms with Crippen molar-refractivity contribution in [2.45, 2.75) is 44.4 Å². The average Bonchev–Trinajstić information content (AvgIpc) is 3.73. The highest BCUT2D eigenvalue weighted by Gasteiger charge is 2.35. The number of rotatable bonds is 8. The van der Waals surface area contributed by atoms with Gasteiger partial charge in [0.2, 0.25) is 5.91 Å². The van der Waals surface area contributed by atoms with Crippen molar-refractivity contribution in [3.63, 3.8) is 0 Å². The minimum Gasteiger partial charge on any atom is -0.361 e. The van der Waals surface area contributed by atoms with Crippen LogP contribution < -0.4 is 0 Å². The molecule has 3 heterocycles. The Hall–Kier alpha value is -3.45. The van der Waals surface area contributed by atoms with E-state index in [4.69, 9.17) is 0 Å². The lowest BCUT2D eigenvalue weighted by Crippen LogP contribution is -2.50. The lowest BCUT2D eigenvalue weighted by atomic mass is 9.83. The van der Waals surface area contributed by atoms with E-state index in [0.717, 1.165) is 56.8 Å². The monoisotopic (exact) mass is 496 g/mol. The highest BCUT2D eigenvalue weighted by molar-refractivity contribution is 5.85. The highest BCUT2D eigenvalue weighted by Crippen LogP contribution is 2.38. The number of hydrogen-bond acceptors (Lipinski definition) is 4. The molecule has 1 amide bonds. The zero-order valence-corrected chi connectivity index (χ0v) is 21.4. The summed E-state index contributed by atoms with van der Waals surface area (Å²) in [4.78, 5) is 21.8. The molecule has 1 aliphatic carbocycles. The Labute approximate surface area is 218 Å². The number of carbonyl (C=O) groups excluding carboxylic acids is 1. The van der Waals surface area contributed by atoms with Crippen molar-refractivity contribution in [2.75, 3.05) is 32.7 Å². The summed E-state index contributed by atoms with van der Waals surface area (Å²) in [6.07, 6.45) is 12.6. The molecule has 0 radical (unpaired) electrons. The summed E-state index contributed by atoms with van der Waals surface area (Å²) < 4.78 is 1.94. The molecule has 6 rings (SSSR count). The van der Waals surface area contributed by atoms with Crippen molar-refractivity contribution in [3.8, 4) is 5.69 Å². The van der Waals surface area contributed by atoms with Gasteiger partial charge in [-0.15, -0.1) is 10.2 Å². The molecule has 2 fully saturated rings. The van der Waals surface area contributed by atoms with Crippen LogP contribution in [0.25, 0.3) is 16.6 Å². The molecule has 1 N–H and O–H groups in total. The molecule has 37 heavy (non-hydrogen) atoms. The Bertz CT molecular complexity index is 1300. The van der Waals surface area contributed by atoms with Gasteiger partial charge in [0.25, 0.3) is 0 Å². The largest absolute Gasteiger partial charge is 0.361 e. The third-order valence-electron chi connectivity index (χ3n) is 8.37. The van der Waals surface area contributed by atoms with Crippen molar-refractivity contribution in [3.05, 3.63) is 78.5 Å². The standard InChI is InChI=1S/C30H36N6O/c37-30(29(24-9-4-5-10-24)23-7-2-1-3-8-23)35-17-15-34(16-18-35)14-6-11-25-20-31-28-13-12-26(19-27(25)28)36-21-32-33-22-36/h1-3,7-8,12-13,19-22,24,29,31H,4-6,9-11,14-18H2. The molecule has 0 bridgehead atoms. The molecule has 2 aliphatic rings. The SMILES string of the molecule is O=C(C(c1ccccc1)C1CCCC1)N1CCN(CCCc2c[nH]c3ccc(-n4cnnc4)cc23)CC1. The Kier molecular flexibility index (Phi) is 7.04. The van der Waals surface area contributed by atoms with Gasteiger partial charge in [-0.2, -0.15) is 0 Å². The summed E-state index contributed by atoms with van der Waals surface area (Å²) >= 11 is 0. The van der Waals surface area contributed by atoms with E-state index in [-0.39, 0.29) is 5.92 Å². The second kappa shape index (κ2) is 10.9. The molecule has 1 unspecified atom stereocenters. The van der Waals surface area contributed by atoms with E-state index in [2.05, 4.69) is 73.6 Å². The van der Waals surface area contributed by atoms with Crippen LogP contribution in [0.3, 0.4) is 0 Å². The summed E-state index contributed by atoms with van der Waals surface area (Å²) in [5.74, 6) is 0.871. The van der Waals surface area contributed by atoms with Crippen molar-refractivity contribution < 1.29 is 4.79 Å². The van der Waals surface area contributed by atoms with Crippen molar-refractivity contribution in [2.24, 2.45) is 5.92 Å². The Morgan fingerprint density at radius 2 is 1.73 bits per heavy atom. The van der Waals surface area contributed by atoms with Gasteiger partial charge in [0.05, 0.1) is 5.92 Å². The normalized spacial score (nSPS) is 18.0. The fourth-order valence-corrected chi connectivity index (χ4v) is 6.32. The molecule has 1 atom stereocenters. The van der Waals surface area contributed by atoms with Crippen molar-refractivity contribution in [1.29, 1.82) is 0 Å². The molecular weight excluding hydrogens is 460 g/mol. The number of carbonyl (C=O) groups is 1. The molecule has 1 saturated heterocycles. The predicted molar refractivity (Wildman–Crippen MR) is 146 cm³/mol. The van der Waals surface area contributed by atoms with E-state index >= 15 is 0 Å². The molecular formula is C30H36N6O. The number of nitrogens with zero attached hydrogens (tertiary/aromatic N) is 5. The first kappa shape index (κ1) is 23.9. The number of nitrogens with one attached hydrogen (secondary N) is 1. The number of hydrogen-bond donors (Lipinski definition) is 1. The van der Waals surface area contributed by atoms with E-state index in [0.29, 0.717) is 11.8 Å². The Morgan fingerprint density at radius 3 is 2.49 bits per heavy atom. The first-order chi connectivity index (χ1) is 18.3. The molecule has 4 aromatic rings. The van der Waals surface area contributed by atoms with Gasteiger partial charge in [0.15, 0.2) is 0 Å². The quantitative estimate of drug-likeness (QED) is 0.380. The summed E-state index contributed by atoms with van der Waals surface area (Å²) in [6.45, 7) is 4.66. The van der Waals surface area contributed by atoms with E-state index < -0.39 is 0 Å². The van der Waals surface area contributed by atoms with Crippen LogP contribution >= 0.6 is 0 Å². The maximum atomic E-state index is 13.7. The van der Waals surface area contributed by atoms with Gasteiger partial charge in [0.1, 0.15) is 12.7 Å². The van der Waals surface area contributed by atoms with Crippen LogP contribution in [0, 0.1) is 5.92 Å². The lowest BCUT2D eigenvalue weighted by Gasteiger charge is -2.37. The Balaban J connectivity index is 1.03. The zero-order chi connectivity index (χ0) is 25.0. The van der Waals surface area contributed by atoms with Crippen molar-refractivity contribution >= 4 is 16.8 Å². The number of amides is 1. The summed E-state index contributed by atoms with van der Waals surface area (Å²) in [7, 11) is 0. The van der Waals surface area contributed by atoms with Gasteiger partial charge in [-0.3, -0.25) is 14.3 Å². The maximum Gasteiger partial charge on any atom is 0.230 e. The molecule has 7 nitrogen and oxygen atoms in total. The molecule has 0 spiro atoms. The van der Waals surface area contributed by atoms with Crippen LogP contribution in [-0.4, -0.2) is 68.2 Å². The number of aromatic nitrogens is 4. The van der Waals surface area contributed by atoms with Crippen LogP contribution in [0.1, 0.15) is 49.1 Å². The van der Waals surface area contributed by atoms with E-state index in [1.54, 1.807) is 12.7 Å². The second-order valence-electron chi connectivity index (χ2n) is 10.6. The maximum absolute atomic E-state index is 13.7. The van der Waals surface area contributed by atoms with Gasteiger partial charge in [-0.05, 0) is 67.5 Å². The van der Waals surface area contributed by atoms with Crippen LogP contribution in [0.2, 0.25) is 0 Å². The number of benzene rings is 2. The van der Waals surface area contributed by atoms with E-state index in [1.165, 1.54) is 42.2 Å². The van der Waals surface area contributed by atoms with Crippen LogP contribution in [0.5, 0.6) is 0 Å². The van der Waals surface area contributed by atoms with E-state index in [1.807, 2.05) is 10.6 Å². The van der Waals surface area contributed by atoms with Crippen LogP contribution in [-0.2, 0) is 11.2 Å². The molecule has 192 valence electrons. The third kappa shape index (κ3) is 5.18. The Morgan fingerprint density at radius 1 is 0.973 bits per heavy atom. The number of aryl methyl sites for hydroxylation is 1. The highest BCUT2D eigenvalue weighted by atomic mass is 16.2. The minimum atomic E-state index is 0.0279. The fourth-order valence-electron chi connectivity index (χ4n) is 6.32.